The van der Waals surface area contributed by atoms with Crippen molar-refractivity contribution in [1.29, 1.82) is 0 Å². The number of amides is 2. The number of benzene rings is 2. The first-order valence-corrected chi connectivity index (χ1v) is 8.26. The number of aryl methyl sites for hydroxylation is 1. The van der Waals surface area contributed by atoms with Crippen LogP contribution < -0.4 is 4.90 Å². The van der Waals surface area contributed by atoms with Crippen LogP contribution in [0.5, 0.6) is 0 Å². The monoisotopic (exact) mass is 322 g/mol. The average molecular weight is 322 g/mol. The zero-order valence-corrected chi connectivity index (χ0v) is 14.2. The average Bonchev–Trinajstić information content (AvgIpc) is 3.02. The van der Waals surface area contributed by atoms with Gasteiger partial charge in [0.15, 0.2) is 0 Å². The van der Waals surface area contributed by atoms with E-state index in [1.807, 2.05) is 37.4 Å². The van der Waals surface area contributed by atoms with Crippen molar-refractivity contribution in [3.63, 3.8) is 0 Å². The van der Waals surface area contributed by atoms with E-state index in [1.165, 1.54) is 5.56 Å². The van der Waals surface area contributed by atoms with Gasteiger partial charge in [-0.15, -0.1) is 0 Å². The van der Waals surface area contributed by atoms with Crippen molar-refractivity contribution in [2.24, 2.45) is 0 Å². The lowest BCUT2D eigenvalue weighted by Crippen LogP contribution is -2.27. The molecule has 1 aliphatic rings. The Morgan fingerprint density at radius 1 is 1.12 bits per heavy atom. The van der Waals surface area contributed by atoms with Gasteiger partial charge in [0.25, 0.3) is 5.91 Å². The van der Waals surface area contributed by atoms with Gasteiger partial charge in [0.1, 0.15) is 0 Å². The largest absolute Gasteiger partial charge is 0.337 e. The Morgan fingerprint density at radius 3 is 2.46 bits per heavy atom. The quantitative estimate of drug-likeness (QED) is 0.865. The zero-order valence-electron chi connectivity index (χ0n) is 14.2. The molecule has 4 nitrogen and oxygen atoms in total. The minimum atomic E-state index is -0.0162. The maximum atomic E-state index is 12.6. The van der Waals surface area contributed by atoms with Crippen LogP contribution in [0.15, 0.2) is 48.5 Å². The van der Waals surface area contributed by atoms with Crippen LogP contribution in [-0.4, -0.2) is 30.3 Å². The summed E-state index contributed by atoms with van der Waals surface area (Å²) in [6, 6.07) is 15.4. The number of carbonyl (C=O) groups is 2. The molecule has 124 valence electrons. The minimum Gasteiger partial charge on any atom is -0.337 e. The van der Waals surface area contributed by atoms with Crippen LogP contribution in [0.1, 0.15) is 34.3 Å². The number of nitrogens with zero attached hydrogens (tertiary/aromatic N) is 2. The highest BCUT2D eigenvalue weighted by Crippen LogP contribution is 2.22. The summed E-state index contributed by atoms with van der Waals surface area (Å²) in [5.74, 6) is 0.142. The molecule has 1 fully saturated rings. The lowest BCUT2D eigenvalue weighted by Gasteiger charge is -2.20. The van der Waals surface area contributed by atoms with Gasteiger partial charge in [0, 0.05) is 37.8 Å². The zero-order chi connectivity index (χ0) is 17.1. The molecule has 1 saturated heterocycles. The van der Waals surface area contributed by atoms with Crippen molar-refractivity contribution in [3.05, 3.63) is 65.2 Å². The molecule has 2 aromatic carbocycles. The minimum absolute atomic E-state index is 0.0162. The van der Waals surface area contributed by atoms with Gasteiger partial charge in [-0.3, -0.25) is 9.59 Å². The molecule has 2 amide bonds. The van der Waals surface area contributed by atoms with Gasteiger partial charge in [0.05, 0.1) is 0 Å². The van der Waals surface area contributed by atoms with E-state index in [0.29, 0.717) is 18.5 Å². The lowest BCUT2D eigenvalue weighted by atomic mass is 10.1. The molecule has 0 spiro atoms. The Kier molecular flexibility index (Phi) is 4.65. The standard InChI is InChI=1S/C20H22N2O2/c1-15-6-3-4-7-17(15)14-21(2)20(24)16-9-11-18(12-10-16)22-13-5-8-19(22)23/h3-4,6-7,9-12H,5,8,13-14H2,1-2H3. The van der Waals surface area contributed by atoms with E-state index >= 15 is 0 Å². The fourth-order valence-electron chi connectivity index (χ4n) is 3.04. The second kappa shape index (κ2) is 6.87. The van der Waals surface area contributed by atoms with Crippen LogP contribution in [0.4, 0.5) is 5.69 Å². The number of rotatable bonds is 4. The summed E-state index contributed by atoms with van der Waals surface area (Å²) >= 11 is 0. The van der Waals surface area contributed by atoms with E-state index in [9.17, 15) is 9.59 Å². The topological polar surface area (TPSA) is 40.6 Å². The summed E-state index contributed by atoms with van der Waals surface area (Å²) in [6.07, 6.45) is 1.51. The third-order valence-electron chi connectivity index (χ3n) is 4.51. The number of hydrogen-bond donors (Lipinski definition) is 0. The molecule has 2 aromatic rings. The van der Waals surface area contributed by atoms with Gasteiger partial charge >= 0.3 is 0 Å². The molecule has 0 bridgehead atoms. The smallest absolute Gasteiger partial charge is 0.253 e. The van der Waals surface area contributed by atoms with Crippen LogP contribution in [0.3, 0.4) is 0 Å². The molecule has 0 unspecified atom stereocenters. The second-order valence-corrected chi connectivity index (χ2v) is 6.28. The second-order valence-electron chi connectivity index (χ2n) is 6.28. The molecule has 0 N–H and O–H groups in total. The van der Waals surface area contributed by atoms with Crippen molar-refractivity contribution < 1.29 is 9.59 Å². The summed E-state index contributed by atoms with van der Waals surface area (Å²) in [5, 5.41) is 0. The third kappa shape index (κ3) is 3.32. The first kappa shape index (κ1) is 16.2. The van der Waals surface area contributed by atoms with Crippen LogP contribution >= 0.6 is 0 Å². The molecule has 0 aromatic heterocycles. The molecule has 0 saturated carbocycles. The fourth-order valence-corrected chi connectivity index (χ4v) is 3.04. The summed E-state index contributed by atoms with van der Waals surface area (Å²) in [5.41, 5.74) is 3.84. The van der Waals surface area contributed by atoms with Crippen molar-refractivity contribution in [2.75, 3.05) is 18.5 Å². The van der Waals surface area contributed by atoms with E-state index in [0.717, 1.165) is 24.2 Å². The SMILES string of the molecule is Cc1ccccc1CN(C)C(=O)c1ccc(N2CCCC2=O)cc1. The molecule has 3 rings (SSSR count). The lowest BCUT2D eigenvalue weighted by molar-refractivity contribution is -0.117. The molecular formula is C20H22N2O2. The maximum Gasteiger partial charge on any atom is 0.253 e. The first-order valence-electron chi connectivity index (χ1n) is 8.26. The summed E-state index contributed by atoms with van der Waals surface area (Å²) in [6.45, 7) is 3.40. The van der Waals surface area contributed by atoms with Crippen LogP contribution in [-0.2, 0) is 11.3 Å². The van der Waals surface area contributed by atoms with Crippen LogP contribution in [0, 0.1) is 6.92 Å². The number of carbonyl (C=O) groups excluding carboxylic acids is 2. The third-order valence-corrected chi connectivity index (χ3v) is 4.51. The van der Waals surface area contributed by atoms with Crippen molar-refractivity contribution >= 4 is 17.5 Å². The van der Waals surface area contributed by atoms with Crippen molar-refractivity contribution in [3.8, 4) is 0 Å². The van der Waals surface area contributed by atoms with Gasteiger partial charge in [-0.2, -0.15) is 0 Å². The van der Waals surface area contributed by atoms with Gasteiger partial charge in [-0.05, 0) is 48.7 Å². The molecule has 1 heterocycles. The van der Waals surface area contributed by atoms with Crippen LogP contribution in [0.2, 0.25) is 0 Å². The predicted octanol–water partition coefficient (Wildman–Crippen LogP) is 3.39. The molecular weight excluding hydrogens is 300 g/mol. The summed E-state index contributed by atoms with van der Waals surface area (Å²) in [4.78, 5) is 27.9. The normalized spacial score (nSPS) is 14.1. The van der Waals surface area contributed by atoms with Gasteiger partial charge in [-0.25, -0.2) is 0 Å². The Morgan fingerprint density at radius 2 is 1.83 bits per heavy atom. The first-order chi connectivity index (χ1) is 11.6. The van der Waals surface area contributed by atoms with E-state index in [-0.39, 0.29) is 11.8 Å². The van der Waals surface area contributed by atoms with Crippen molar-refractivity contribution in [1.82, 2.24) is 4.90 Å². The molecule has 0 aliphatic carbocycles. The Bertz CT molecular complexity index is 752. The number of hydrogen-bond acceptors (Lipinski definition) is 2. The van der Waals surface area contributed by atoms with Gasteiger partial charge in [-0.1, -0.05) is 24.3 Å². The Labute approximate surface area is 142 Å². The van der Waals surface area contributed by atoms with Gasteiger partial charge in [0.2, 0.25) is 5.91 Å². The van der Waals surface area contributed by atoms with E-state index in [2.05, 4.69) is 13.0 Å². The maximum absolute atomic E-state index is 12.6. The highest BCUT2D eigenvalue weighted by Gasteiger charge is 2.22. The molecule has 0 atom stereocenters. The highest BCUT2D eigenvalue weighted by atomic mass is 16.2. The van der Waals surface area contributed by atoms with Crippen molar-refractivity contribution in [2.45, 2.75) is 26.3 Å². The summed E-state index contributed by atoms with van der Waals surface area (Å²) < 4.78 is 0. The molecule has 1 aliphatic heterocycles. The highest BCUT2D eigenvalue weighted by molar-refractivity contribution is 5.97. The predicted molar refractivity (Wildman–Crippen MR) is 95.0 cm³/mol. The van der Waals surface area contributed by atoms with E-state index in [1.54, 1.807) is 21.9 Å². The van der Waals surface area contributed by atoms with E-state index < -0.39 is 0 Å². The van der Waals surface area contributed by atoms with Crippen LogP contribution in [0.25, 0.3) is 0 Å². The number of anilines is 1. The molecule has 0 radical (unpaired) electrons. The fraction of sp³-hybridized carbons (Fsp3) is 0.300. The molecule has 4 heteroatoms. The summed E-state index contributed by atoms with van der Waals surface area (Å²) in [7, 11) is 1.81. The molecule has 24 heavy (non-hydrogen) atoms. The van der Waals surface area contributed by atoms with Gasteiger partial charge < -0.3 is 9.80 Å². The Hall–Kier alpha value is -2.62. The van der Waals surface area contributed by atoms with E-state index in [4.69, 9.17) is 0 Å². The Balaban J connectivity index is 1.70.